The average molecular weight is 552 g/mol. The van der Waals surface area contributed by atoms with Crippen molar-refractivity contribution in [2.45, 2.75) is 44.4 Å². The lowest BCUT2D eigenvalue weighted by Gasteiger charge is -2.31. The normalized spacial score (nSPS) is 17.6. The Morgan fingerprint density at radius 3 is 2.37 bits per heavy atom. The third-order valence-electron chi connectivity index (χ3n) is 6.58. The van der Waals surface area contributed by atoms with Crippen molar-refractivity contribution in [2.75, 3.05) is 0 Å². The molecular formula is C27H22ClF4NO5. The molecule has 11 heteroatoms. The first kappa shape index (κ1) is 27.4. The Morgan fingerprint density at radius 1 is 1.11 bits per heavy atom. The van der Waals surface area contributed by atoms with Gasteiger partial charge in [-0.15, -0.1) is 0 Å². The predicted octanol–water partition coefficient (Wildman–Crippen LogP) is 6.11. The molecular weight excluding hydrogens is 530 g/mol. The number of rotatable bonds is 10. The molecule has 1 atom stereocenters. The van der Waals surface area contributed by atoms with E-state index >= 15 is 0 Å². The first-order chi connectivity index (χ1) is 18.0. The number of carbonyl (C=O) groups excluding carboxylic acids is 1. The van der Waals surface area contributed by atoms with Crippen molar-refractivity contribution in [3.8, 4) is 16.9 Å². The van der Waals surface area contributed by atoms with Gasteiger partial charge < -0.3 is 15.1 Å². The Labute approximate surface area is 220 Å². The SMILES string of the molecule is O=C(O)c1ccc(CC(=O)C(CC2CC(F)C2)c2ccc(-c3c(OC(F)F)ccc(Cl)c3F)c[n+]2[O-])cc1. The Hall–Kier alpha value is -3.66. The van der Waals surface area contributed by atoms with Crippen LogP contribution in [0.4, 0.5) is 17.6 Å². The molecule has 6 nitrogen and oxygen atoms in total. The fourth-order valence-corrected chi connectivity index (χ4v) is 4.75. The van der Waals surface area contributed by atoms with E-state index in [1.165, 1.54) is 36.4 Å². The van der Waals surface area contributed by atoms with Gasteiger partial charge in [0, 0.05) is 12.5 Å². The van der Waals surface area contributed by atoms with Crippen LogP contribution in [0.1, 0.15) is 46.8 Å². The average Bonchev–Trinajstić information content (AvgIpc) is 2.84. The van der Waals surface area contributed by atoms with Gasteiger partial charge in [-0.2, -0.15) is 13.5 Å². The number of aromatic carboxylic acids is 1. The first-order valence-electron chi connectivity index (χ1n) is 11.7. The highest BCUT2D eigenvalue weighted by atomic mass is 35.5. The molecule has 0 amide bonds. The van der Waals surface area contributed by atoms with E-state index in [-0.39, 0.29) is 59.2 Å². The molecule has 38 heavy (non-hydrogen) atoms. The van der Waals surface area contributed by atoms with E-state index in [9.17, 15) is 32.4 Å². The molecule has 4 rings (SSSR count). The number of carboxylic acids is 1. The molecule has 1 heterocycles. The van der Waals surface area contributed by atoms with Crippen molar-refractivity contribution in [1.29, 1.82) is 0 Å². The van der Waals surface area contributed by atoms with Gasteiger partial charge in [0.1, 0.15) is 17.8 Å². The van der Waals surface area contributed by atoms with Crippen molar-refractivity contribution in [2.24, 2.45) is 5.92 Å². The quantitative estimate of drug-likeness (QED) is 0.186. The van der Waals surface area contributed by atoms with E-state index in [0.717, 1.165) is 18.3 Å². The highest BCUT2D eigenvalue weighted by molar-refractivity contribution is 6.31. The van der Waals surface area contributed by atoms with E-state index in [0.29, 0.717) is 10.3 Å². The van der Waals surface area contributed by atoms with Gasteiger partial charge in [-0.1, -0.05) is 23.7 Å². The number of hydrogen-bond acceptors (Lipinski definition) is 4. The number of carboxylic acid groups (broad SMARTS) is 1. The van der Waals surface area contributed by atoms with E-state index in [1.54, 1.807) is 0 Å². The van der Waals surface area contributed by atoms with Crippen molar-refractivity contribution in [1.82, 2.24) is 0 Å². The summed E-state index contributed by atoms with van der Waals surface area (Å²) in [6.07, 6.45) is 0.599. The van der Waals surface area contributed by atoms with E-state index in [4.69, 9.17) is 16.7 Å². The van der Waals surface area contributed by atoms with Crippen LogP contribution in [0.5, 0.6) is 5.75 Å². The van der Waals surface area contributed by atoms with Crippen molar-refractivity contribution in [3.05, 3.63) is 87.6 Å². The summed E-state index contributed by atoms with van der Waals surface area (Å²) >= 11 is 5.82. The number of hydrogen-bond donors (Lipinski definition) is 1. The molecule has 2 aromatic carbocycles. The van der Waals surface area contributed by atoms with E-state index < -0.39 is 41.8 Å². The second-order valence-electron chi connectivity index (χ2n) is 9.15. The second kappa shape index (κ2) is 11.4. The zero-order chi connectivity index (χ0) is 27.6. The standard InChI is InChI=1S/C27H22ClF4NO5/c28-20-6-8-23(38-27(31)32)24(25(20)30)17-5-7-21(33(37)13-17)19(11-15-9-18(29)10-15)22(34)12-14-1-3-16(4-2-14)26(35)36/h1-8,13,15,18-19,27H,9-12H2,(H,35,36). The third-order valence-corrected chi connectivity index (χ3v) is 6.87. The molecule has 0 bridgehead atoms. The summed E-state index contributed by atoms with van der Waals surface area (Å²) in [4.78, 5) is 24.4. The molecule has 1 unspecified atom stereocenters. The summed E-state index contributed by atoms with van der Waals surface area (Å²) in [5.74, 6) is -4.08. The number of aromatic nitrogens is 1. The molecule has 1 aliphatic carbocycles. The molecule has 0 radical (unpaired) electrons. The van der Waals surface area contributed by atoms with Crippen LogP contribution in [-0.2, 0) is 11.2 Å². The van der Waals surface area contributed by atoms with Crippen LogP contribution in [-0.4, -0.2) is 29.6 Å². The topological polar surface area (TPSA) is 90.5 Å². The lowest BCUT2D eigenvalue weighted by molar-refractivity contribution is -0.614. The Kier molecular flexibility index (Phi) is 8.20. The van der Waals surface area contributed by atoms with Gasteiger partial charge in [0.05, 0.1) is 21.7 Å². The van der Waals surface area contributed by atoms with Gasteiger partial charge in [-0.3, -0.25) is 4.79 Å². The summed E-state index contributed by atoms with van der Waals surface area (Å²) in [5.41, 5.74) is 0.0855. The number of halogens is 5. The largest absolute Gasteiger partial charge is 0.618 e. The Balaban J connectivity index is 1.66. The monoisotopic (exact) mass is 551 g/mol. The Bertz CT molecular complexity index is 1350. The number of ketones is 1. The van der Waals surface area contributed by atoms with E-state index in [1.807, 2.05) is 0 Å². The third kappa shape index (κ3) is 6.07. The maximum absolute atomic E-state index is 14.8. The van der Waals surface area contributed by atoms with Crippen molar-refractivity contribution < 1.29 is 41.7 Å². The zero-order valence-electron chi connectivity index (χ0n) is 19.8. The minimum Gasteiger partial charge on any atom is -0.618 e. The first-order valence-corrected chi connectivity index (χ1v) is 12.1. The number of pyridine rings is 1. The number of Topliss-reactive ketones (excluding diaryl/α,β-unsaturated/α-hetero) is 1. The molecule has 0 aliphatic heterocycles. The molecule has 1 saturated carbocycles. The summed E-state index contributed by atoms with van der Waals surface area (Å²) in [6, 6.07) is 10.4. The summed E-state index contributed by atoms with van der Waals surface area (Å²) < 4.78 is 58.8. The molecule has 3 aromatic rings. The molecule has 1 aliphatic rings. The molecule has 1 fully saturated rings. The van der Waals surface area contributed by atoms with Gasteiger partial charge in [0.25, 0.3) is 0 Å². The molecule has 0 saturated heterocycles. The lowest BCUT2D eigenvalue weighted by atomic mass is 9.75. The number of benzene rings is 2. The number of nitrogens with zero attached hydrogens (tertiary/aromatic N) is 1. The van der Waals surface area contributed by atoms with Crippen molar-refractivity contribution >= 4 is 23.4 Å². The van der Waals surface area contributed by atoms with Crippen LogP contribution >= 0.6 is 11.6 Å². The fourth-order valence-electron chi connectivity index (χ4n) is 4.59. The van der Waals surface area contributed by atoms with Crippen LogP contribution in [0.3, 0.4) is 0 Å². The van der Waals surface area contributed by atoms with Gasteiger partial charge in [0.15, 0.2) is 17.8 Å². The summed E-state index contributed by atoms with van der Waals surface area (Å²) in [5, 5.41) is 21.8. The number of ether oxygens (including phenoxy) is 1. The maximum atomic E-state index is 14.8. The zero-order valence-corrected chi connectivity index (χ0v) is 20.5. The molecule has 1 N–H and O–H groups in total. The van der Waals surface area contributed by atoms with Gasteiger partial charge in [-0.05, 0) is 61.1 Å². The number of alkyl halides is 3. The number of carbonyl (C=O) groups is 2. The highest BCUT2D eigenvalue weighted by Gasteiger charge is 2.37. The lowest BCUT2D eigenvalue weighted by Crippen LogP contribution is -2.38. The van der Waals surface area contributed by atoms with Crippen molar-refractivity contribution in [3.63, 3.8) is 0 Å². The van der Waals surface area contributed by atoms with E-state index in [2.05, 4.69) is 4.74 Å². The van der Waals surface area contributed by atoms with Gasteiger partial charge in [0.2, 0.25) is 5.69 Å². The highest BCUT2D eigenvalue weighted by Crippen LogP contribution is 2.40. The van der Waals surface area contributed by atoms with Gasteiger partial charge in [-0.25, -0.2) is 13.6 Å². The predicted molar refractivity (Wildman–Crippen MR) is 130 cm³/mol. The van der Waals surface area contributed by atoms with Gasteiger partial charge >= 0.3 is 12.6 Å². The second-order valence-corrected chi connectivity index (χ2v) is 9.56. The fraction of sp³-hybridized carbons (Fsp3) is 0.296. The van der Waals surface area contributed by atoms with Crippen LogP contribution in [0.25, 0.3) is 11.1 Å². The Morgan fingerprint density at radius 2 is 1.79 bits per heavy atom. The molecule has 200 valence electrons. The molecule has 1 aromatic heterocycles. The minimum absolute atomic E-state index is 0.0296. The summed E-state index contributed by atoms with van der Waals surface area (Å²) in [6.45, 7) is -3.25. The van der Waals surface area contributed by atoms with Crippen LogP contribution < -0.4 is 9.47 Å². The smallest absolute Gasteiger partial charge is 0.387 e. The van der Waals surface area contributed by atoms with Crippen LogP contribution in [0.15, 0.2) is 54.7 Å². The summed E-state index contributed by atoms with van der Waals surface area (Å²) in [7, 11) is 0. The minimum atomic E-state index is -3.25. The van der Waals surface area contributed by atoms with Crippen LogP contribution in [0, 0.1) is 16.9 Å². The maximum Gasteiger partial charge on any atom is 0.387 e. The van der Waals surface area contributed by atoms with Crippen LogP contribution in [0.2, 0.25) is 5.02 Å². The molecule has 0 spiro atoms.